The van der Waals surface area contributed by atoms with Gasteiger partial charge in [0.15, 0.2) is 0 Å². The first-order chi connectivity index (χ1) is 9.79. The van der Waals surface area contributed by atoms with Crippen LogP contribution < -0.4 is 5.32 Å². The second-order valence-corrected chi connectivity index (χ2v) is 3.73. The fourth-order valence-corrected chi connectivity index (χ4v) is 1.35. The Morgan fingerprint density at radius 1 is 1.25 bits per heavy atom. The number of carbonyl (C=O) groups excluding carboxylic acids is 1. The first kappa shape index (κ1) is 13.6. The van der Waals surface area contributed by atoms with Crippen molar-refractivity contribution < 1.29 is 9.90 Å². The number of aliphatic hydroxyl groups excluding tert-OH is 1. The number of amides is 1. The van der Waals surface area contributed by atoms with Crippen LogP contribution in [0.4, 0.5) is 5.95 Å². The number of carbonyl (C=O) groups is 1. The summed E-state index contributed by atoms with van der Waals surface area (Å²) in [4.78, 5) is 23.7. The van der Waals surface area contributed by atoms with Gasteiger partial charge >= 0.3 is 0 Å². The molecular weight excluding hydrogens is 256 g/mol. The van der Waals surface area contributed by atoms with Crippen LogP contribution in [0.25, 0.3) is 0 Å². The van der Waals surface area contributed by atoms with E-state index in [1.807, 2.05) is 0 Å². The van der Waals surface area contributed by atoms with Crippen LogP contribution in [0, 0.1) is 11.8 Å². The van der Waals surface area contributed by atoms with Crippen molar-refractivity contribution in [2.45, 2.75) is 6.42 Å². The van der Waals surface area contributed by atoms with Crippen LogP contribution in [-0.4, -0.2) is 32.6 Å². The largest absolute Gasteiger partial charge is 0.395 e. The number of pyridine rings is 1. The molecule has 6 heteroatoms. The van der Waals surface area contributed by atoms with E-state index in [0.29, 0.717) is 12.0 Å². The predicted octanol–water partition coefficient (Wildman–Crippen LogP) is 0.858. The Morgan fingerprint density at radius 3 is 2.70 bits per heavy atom. The number of anilines is 1. The van der Waals surface area contributed by atoms with Crippen LogP contribution in [0.15, 0.2) is 36.8 Å². The Morgan fingerprint density at radius 2 is 2.05 bits per heavy atom. The van der Waals surface area contributed by atoms with E-state index in [9.17, 15) is 4.79 Å². The maximum absolute atomic E-state index is 11.9. The van der Waals surface area contributed by atoms with Gasteiger partial charge in [-0.05, 0) is 18.2 Å². The lowest BCUT2D eigenvalue weighted by Crippen LogP contribution is -2.15. The number of nitrogens with one attached hydrogen (secondary N) is 1. The quantitative estimate of drug-likeness (QED) is 0.806. The molecule has 0 atom stereocenters. The van der Waals surface area contributed by atoms with Gasteiger partial charge in [0.2, 0.25) is 5.95 Å². The molecule has 2 aromatic heterocycles. The lowest BCUT2D eigenvalue weighted by atomic mass is 10.2. The van der Waals surface area contributed by atoms with E-state index < -0.39 is 0 Å². The molecule has 2 aromatic rings. The summed E-state index contributed by atoms with van der Waals surface area (Å²) in [7, 11) is 0. The number of hydrogen-bond donors (Lipinski definition) is 2. The monoisotopic (exact) mass is 268 g/mol. The fraction of sp³-hybridized carbons (Fsp3) is 0.143. The highest BCUT2D eigenvalue weighted by molar-refractivity contribution is 6.01. The number of hydrogen-bond acceptors (Lipinski definition) is 5. The van der Waals surface area contributed by atoms with E-state index in [0.717, 1.165) is 0 Å². The zero-order valence-electron chi connectivity index (χ0n) is 10.6. The van der Waals surface area contributed by atoms with Gasteiger partial charge < -0.3 is 5.11 Å². The molecule has 0 aliphatic rings. The molecule has 0 saturated carbocycles. The molecule has 0 aliphatic carbocycles. The van der Waals surface area contributed by atoms with Gasteiger partial charge in [-0.25, -0.2) is 15.0 Å². The molecule has 0 fully saturated rings. The summed E-state index contributed by atoms with van der Waals surface area (Å²) in [6.45, 7) is 0.0258. The molecule has 0 aromatic carbocycles. The molecule has 20 heavy (non-hydrogen) atoms. The fourth-order valence-electron chi connectivity index (χ4n) is 1.35. The van der Waals surface area contributed by atoms with E-state index in [-0.39, 0.29) is 24.2 Å². The Hall–Kier alpha value is -2.78. The van der Waals surface area contributed by atoms with Crippen molar-refractivity contribution in [2.75, 3.05) is 11.9 Å². The third-order valence-electron chi connectivity index (χ3n) is 2.26. The van der Waals surface area contributed by atoms with Gasteiger partial charge in [-0.2, -0.15) is 0 Å². The molecule has 100 valence electrons. The highest BCUT2D eigenvalue weighted by Crippen LogP contribution is 2.02. The lowest BCUT2D eigenvalue weighted by Gasteiger charge is -2.02. The van der Waals surface area contributed by atoms with Crippen LogP contribution in [0.1, 0.15) is 22.5 Å². The van der Waals surface area contributed by atoms with Gasteiger partial charge in [0.1, 0.15) is 5.69 Å². The van der Waals surface area contributed by atoms with Crippen LogP contribution in [-0.2, 0) is 0 Å². The highest BCUT2D eigenvalue weighted by atomic mass is 16.2. The minimum atomic E-state index is -0.383. The highest BCUT2D eigenvalue weighted by Gasteiger charge is 2.08. The van der Waals surface area contributed by atoms with Gasteiger partial charge in [0, 0.05) is 30.6 Å². The van der Waals surface area contributed by atoms with Crippen molar-refractivity contribution in [2.24, 2.45) is 0 Å². The average molecular weight is 268 g/mol. The summed E-state index contributed by atoms with van der Waals surface area (Å²) in [5, 5.41) is 11.2. The third kappa shape index (κ3) is 3.86. The summed E-state index contributed by atoms with van der Waals surface area (Å²) in [5.41, 5.74) is 0.941. The maximum atomic E-state index is 11.9. The minimum Gasteiger partial charge on any atom is -0.395 e. The topological polar surface area (TPSA) is 88.0 Å². The van der Waals surface area contributed by atoms with Gasteiger partial charge in [-0.3, -0.25) is 10.1 Å². The smallest absolute Gasteiger partial charge is 0.276 e. The molecule has 2 N–H and O–H groups in total. The van der Waals surface area contributed by atoms with Gasteiger partial charge in [0.05, 0.1) is 6.61 Å². The van der Waals surface area contributed by atoms with Crippen molar-refractivity contribution in [1.29, 1.82) is 0 Å². The van der Waals surface area contributed by atoms with Crippen molar-refractivity contribution >= 4 is 11.9 Å². The molecule has 0 radical (unpaired) electrons. The molecule has 0 unspecified atom stereocenters. The van der Waals surface area contributed by atoms with Gasteiger partial charge in [-0.1, -0.05) is 11.8 Å². The van der Waals surface area contributed by atoms with Crippen LogP contribution in [0.2, 0.25) is 0 Å². The zero-order valence-corrected chi connectivity index (χ0v) is 10.6. The molecule has 0 bridgehead atoms. The van der Waals surface area contributed by atoms with Crippen molar-refractivity contribution in [3.05, 3.63) is 48.0 Å². The Bertz CT molecular complexity index is 630. The molecule has 2 rings (SSSR count). The molecule has 6 nitrogen and oxygen atoms in total. The molecule has 0 saturated heterocycles. The van der Waals surface area contributed by atoms with Crippen molar-refractivity contribution in [3.63, 3.8) is 0 Å². The summed E-state index contributed by atoms with van der Waals surface area (Å²) < 4.78 is 0. The predicted molar refractivity (Wildman–Crippen MR) is 72.8 cm³/mol. The SMILES string of the molecule is O=C(Nc1ncccn1)c1ccc(C#CCCO)cn1. The van der Waals surface area contributed by atoms with E-state index in [2.05, 4.69) is 32.1 Å². The van der Waals surface area contributed by atoms with Crippen LogP contribution in [0.3, 0.4) is 0 Å². The molecule has 0 spiro atoms. The molecule has 1 amide bonds. The Labute approximate surface area is 115 Å². The summed E-state index contributed by atoms with van der Waals surface area (Å²) in [5.74, 6) is 5.46. The van der Waals surface area contributed by atoms with E-state index in [4.69, 9.17) is 5.11 Å². The summed E-state index contributed by atoms with van der Waals surface area (Å²) >= 11 is 0. The van der Waals surface area contributed by atoms with Crippen LogP contribution >= 0.6 is 0 Å². The Kier molecular flexibility index (Phi) is 4.76. The summed E-state index contributed by atoms with van der Waals surface area (Å²) in [6.07, 6.45) is 4.99. The van der Waals surface area contributed by atoms with Gasteiger partial charge in [-0.15, -0.1) is 0 Å². The average Bonchev–Trinajstić information content (AvgIpc) is 2.49. The Balaban J connectivity index is 2.03. The van der Waals surface area contributed by atoms with Crippen molar-refractivity contribution in [1.82, 2.24) is 15.0 Å². The normalized spacial score (nSPS) is 9.45. The second-order valence-electron chi connectivity index (χ2n) is 3.73. The minimum absolute atomic E-state index is 0.0258. The number of aromatic nitrogens is 3. The van der Waals surface area contributed by atoms with Crippen LogP contribution in [0.5, 0.6) is 0 Å². The van der Waals surface area contributed by atoms with Crippen molar-refractivity contribution in [3.8, 4) is 11.8 Å². The lowest BCUT2D eigenvalue weighted by molar-refractivity contribution is 0.102. The number of aliphatic hydroxyl groups is 1. The maximum Gasteiger partial charge on any atom is 0.276 e. The molecular formula is C14H12N4O2. The molecule has 2 heterocycles. The number of rotatable bonds is 3. The molecule has 0 aliphatic heterocycles. The number of nitrogens with zero attached hydrogens (tertiary/aromatic N) is 3. The van der Waals surface area contributed by atoms with E-state index >= 15 is 0 Å². The van der Waals surface area contributed by atoms with Gasteiger partial charge in [0.25, 0.3) is 5.91 Å². The standard InChI is InChI=1S/C14H12N4O2/c19-9-2-1-4-11-5-6-12(17-10-11)13(20)18-14-15-7-3-8-16-14/h3,5-8,10,19H,2,9H2,(H,15,16,18,20). The first-order valence-electron chi connectivity index (χ1n) is 5.94. The van der Waals surface area contributed by atoms with E-state index in [1.54, 1.807) is 18.2 Å². The first-order valence-corrected chi connectivity index (χ1v) is 5.94. The third-order valence-corrected chi connectivity index (χ3v) is 2.26. The summed E-state index contributed by atoms with van der Waals surface area (Å²) in [6, 6.07) is 4.92. The van der Waals surface area contributed by atoms with E-state index in [1.165, 1.54) is 18.6 Å². The zero-order chi connectivity index (χ0) is 14.2. The second kappa shape index (κ2) is 6.97.